The van der Waals surface area contributed by atoms with E-state index in [0.29, 0.717) is 24.4 Å². The summed E-state index contributed by atoms with van der Waals surface area (Å²) in [6.07, 6.45) is -3.21. The minimum absolute atomic E-state index is 0.0859. The molecule has 28 heavy (non-hydrogen) atoms. The minimum atomic E-state index is -4.22. The second kappa shape index (κ2) is 8.34. The summed E-state index contributed by atoms with van der Waals surface area (Å²) in [4.78, 5) is 12.5. The van der Waals surface area contributed by atoms with Crippen molar-refractivity contribution in [3.63, 3.8) is 0 Å². The summed E-state index contributed by atoms with van der Waals surface area (Å²) >= 11 is 5.20. The highest BCUT2D eigenvalue weighted by Crippen LogP contribution is 2.37. The topological polar surface area (TPSA) is 71.9 Å². The first-order chi connectivity index (χ1) is 13.3. The number of halogens is 3. The van der Waals surface area contributed by atoms with Crippen LogP contribution in [-0.4, -0.2) is 40.0 Å². The predicted octanol–water partition coefficient (Wildman–Crippen LogP) is 3.85. The second-order valence-corrected chi connectivity index (χ2v) is 7.22. The van der Waals surface area contributed by atoms with E-state index in [0.717, 1.165) is 5.56 Å². The molecule has 0 aliphatic heterocycles. The highest BCUT2D eigenvalue weighted by atomic mass is 32.1. The summed E-state index contributed by atoms with van der Waals surface area (Å²) in [6, 6.07) is 6.60. The van der Waals surface area contributed by atoms with Gasteiger partial charge in [-0.3, -0.25) is 14.5 Å². The number of aromatic amines is 1. The molecule has 1 heterocycles. The number of ether oxygens (including phenoxy) is 1. The highest BCUT2D eigenvalue weighted by Gasteiger charge is 2.42. The first kappa shape index (κ1) is 20.4. The molecule has 10 heteroatoms. The molecule has 2 aromatic rings. The van der Waals surface area contributed by atoms with Crippen molar-refractivity contribution in [3.8, 4) is 17.1 Å². The predicted molar refractivity (Wildman–Crippen MR) is 99.3 cm³/mol. The number of carbonyl (C=O) groups is 1. The van der Waals surface area contributed by atoms with Gasteiger partial charge in [-0.05, 0) is 55.7 Å². The average Bonchev–Trinajstić information content (AvgIpc) is 3.02. The number of nitrogens with one attached hydrogen (secondary N) is 2. The Kier molecular flexibility index (Phi) is 6.07. The summed E-state index contributed by atoms with van der Waals surface area (Å²) < 4.78 is 45.8. The fourth-order valence-electron chi connectivity index (χ4n) is 3.46. The lowest BCUT2D eigenvalue weighted by atomic mass is 9.85. The van der Waals surface area contributed by atoms with E-state index in [1.54, 1.807) is 31.4 Å². The van der Waals surface area contributed by atoms with Crippen LogP contribution in [0.15, 0.2) is 24.3 Å². The molecule has 2 atom stereocenters. The first-order valence-corrected chi connectivity index (χ1v) is 9.34. The van der Waals surface area contributed by atoms with E-state index in [1.165, 1.54) is 4.57 Å². The average molecular weight is 414 g/mol. The maximum atomic E-state index is 13.0. The maximum Gasteiger partial charge on any atom is 0.391 e. The van der Waals surface area contributed by atoms with Crippen molar-refractivity contribution in [3.05, 3.63) is 29.0 Å². The van der Waals surface area contributed by atoms with Gasteiger partial charge in [0.2, 0.25) is 5.91 Å². The zero-order valence-corrected chi connectivity index (χ0v) is 16.1. The van der Waals surface area contributed by atoms with E-state index < -0.39 is 18.1 Å². The Labute approximate surface area is 165 Å². The molecule has 1 aliphatic rings. The minimum Gasteiger partial charge on any atom is -0.497 e. The Bertz CT molecular complexity index is 876. The summed E-state index contributed by atoms with van der Waals surface area (Å²) in [5, 5.41) is 9.53. The number of amides is 1. The quantitative estimate of drug-likeness (QED) is 0.729. The Morgan fingerprint density at radius 1 is 1.36 bits per heavy atom. The van der Waals surface area contributed by atoms with Gasteiger partial charge in [0.15, 0.2) is 10.6 Å². The molecule has 1 aromatic heterocycles. The van der Waals surface area contributed by atoms with Crippen LogP contribution < -0.4 is 10.1 Å². The van der Waals surface area contributed by atoms with Gasteiger partial charge in [0.1, 0.15) is 12.3 Å². The third kappa shape index (κ3) is 4.73. The fraction of sp³-hybridized carbons (Fsp3) is 0.500. The molecule has 0 spiro atoms. The van der Waals surface area contributed by atoms with Crippen molar-refractivity contribution in [1.29, 1.82) is 0 Å². The molecule has 152 valence electrons. The number of nitrogens with zero attached hydrogens (tertiary/aromatic N) is 2. The number of aromatic nitrogens is 3. The zero-order chi connectivity index (χ0) is 20.3. The molecule has 1 fully saturated rings. The Morgan fingerprint density at radius 3 is 2.71 bits per heavy atom. The molecular weight excluding hydrogens is 393 g/mol. The van der Waals surface area contributed by atoms with Crippen molar-refractivity contribution < 1.29 is 22.7 Å². The molecule has 0 saturated heterocycles. The number of hydrogen-bond acceptors (Lipinski definition) is 4. The third-order valence-electron chi connectivity index (χ3n) is 4.91. The summed E-state index contributed by atoms with van der Waals surface area (Å²) in [5.74, 6) is -0.601. The van der Waals surface area contributed by atoms with Crippen LogP contribution in [0.2, 0.25) is 0 Å². The standard InChI is InChI=1S/C18H21F3N4O2S/c1-27-14-7-5-11(6-8-14)16-23-24-17(28)25(16)10-15(26)22-13-4-2-3-12(9-13)18(19,20)21/h5-8,12-13H,2-4,9-10H2,1H3,(H,22,26)(H,24,28). The number of benzene rings is 1. The summed E-state index contributed by atoms with van der Waals surface area (Å²) in [6.45, 7) is -0.121. The van der Waals surface area contributed by atoms with Crippen LogP contribution in [0.1, 0.15) is 25.7 Å². The Morgan fingerprint density at radius 2 is 2.07 bits per heavy atom. The van der Waals surface area contributed by atoms with Gasteiger partial charge in [-0.2, -0.15) is 18.3 Å². The van der Waals surface area contributed by atoms with Crippen molar-refractivity contribution >= 4 is 18.1 Å². The number of methoxy groups -OCH3 is 1. The Hall–Kier alpha value is -2.36. The smallest absolute Gasteiger partial charge is 0.391 e. The van der Waals surface area contributed by atoms with Gasteiger partial charge in [-0.1, -0.05) is 6.42 Å². The van der Waals surface area contributed by atoms with E-state index in [4.69, 9.17) is 17.0 Å². The van der Waals surface area contributed by atoms with E-state index >= 15 is 0 Å². The monoisotopic (exact) mass is 414 g/mol. The van der Waals surface area contributed by atoms with Crippen molar-refractivity contribution in [2.75, 3.05) is 7.11 Å². The Balaban J connectivity index is 1.69. The summed E-state index contributed by atoms with van der Waals surface area (Å²) in [7, 11) is 1.56. The molecular formula is C18H21F3N4O2S. The number of H-pyrrole nitrogens is 1. The van der Waals surface area contributed by atoms with Gasteiger partial charge in [-0.25, -0.2) is 0 Å². The number of carbonyl (C=O) groups excluding carboxylic acids is 1. The van der Waals surface area contributed by atoms with Crippen molar-refractivity contribution in [1.82, 2.24) is 20.1 Å². The SMILES string of the molecule is COc1ccc(-c2n[nH]c(=S)n2CC(=O)NC2CCCC(C(F)(F)F)C2)cc1. The summed E-state index contributed by atoms with van der Waals surface area (Å²) in [5.41, 5.74) is 0.732. The molecule has 2 N–H and O–H groups in total. The lowest BCUT2D eigenvalue weighted by molar-refractivity contribution is -0.184. The first-order valence-electron chi connectivity index (χ1n) is 8.93. The van der Waals surface area contributed by atoms with Gasteiger partial charge < -0.3 is 10.1 Å². The molecule has 0 radical (unpaired) electrons. The molecule has 1 aromatic carbocycles. The number of hydrogen-bond donors (Lipinski definition) is 2. The zero-order valence-electron chi connectivity index (χ0n) is 15.3. The van der Waals surface area contributed by atoms with E-state index in [9.17, 15) is 18.0 Å². The van der Waals surface area contributed by atoms with E-state index in [-0.39, 0.29) is 30.1 Å². The van der Waals surface area contributed by atoms with Gasteiger partial charge in [-0.15, -0.1) is 0 Å². The molecule has 6 nitrogen and oxygen atoms in total. The van der Waals surface area contributed by atoms with Gasteiger partial charge in [0, 0.05) is 11.6 Å². The van der Waals surface area contributed by atoms with Crippen LogP contribution in [0.5, 0.6) is 5.75 Å². The normalized spacial score (nSPS) is 20.0. The number of alkyl halides is 3. The molecule has 1 saturated carbocycles. The molecule has 1 aliphatic carbocycles. The van der Waals surface area contributed by atoms with Crippen LogP contribution in [0, 0.1) is 10.7 Å². The van der Waals surface area contributed by atoms with E-state index in [1.807, 2.05) is 0 Å². The van der Waals surface area contributed by atoms with Crippen LogP contribution in [0.25, 0.3) is 11.4 Å². The van der Waals surface area contributed by atoms with Gasteiger partial charge >= 0.3 is 6.18 Å². The molecule has 3 rings (SSSR count). The fourth-order valence-corrected chi connectivity index (χ4v) is 3.66. The van der Waals surface area contributed by atoms with E-state index in [2.05, 4.69) is 15.5 Å². The lowest BCUT2D eigenvalue weighted by Gasteiger charge is -2.31. The van der Waals surface area contributed by atoms with Crippen molar-refractivity contribution in [2.45, 2.75) is 44.4 Å². The lowest BCUT2D eigenvalue weighted by Crippen LogP contribution is -2.42. The molecule has 0 bridgehead atoms. The largest absolute Gasteiger partial charge is 0.497 e. The van der Waals surface area contributed by atoms with Crippen LogP contribution >= 0.6 is 12.2 Å². The van der Waals surface area contributed by atoms with Crippen LogP contribution in [0.4, 0.5) is 13.2 Å². The van der Waals surface area contributed by atoms with Crippen LogP contribution in [0.3, 0.4) is 0 Å². The number of rotatable bonds is 5. The highest BCUT2D eigenvalue weighted by molar-refractivity contribution is 7.71. The molecule has 2 unspecified atom stereocenters. The second-order valence-electron chi connectivity index (χ2n) is 6.84. The van der Waals surface area contributed by atoms with Crippen LogP contribution in [-0.2, 0) is 11.3 Å². The molecule has 1 amide bonds. The maximum absolute atomic E-state index is 13.0. The van der Waals surface area contributed by atoms with Crippen molar-refractivity contribution in [2.24, 2.45) is 5.92 Å². The van der Waals surface area contributed by atoms with Gasteiger partial charge in [0.05, 0.1) is 13.0 Å². The van der Waals surface area contributed by atoms with Gasteiger partial charge in [0.25, 0.3) is 0 Å². The third-order valence-corrected chi connectivity index (χ3v) is 5.22.